The van der Waals surface area contributed by atoms with Gasteiger partial charge in [-0.1, -0.05) is 390 Å². The molecule has 0 aliphatic carbocycles. The first-order chi connectivity index (χ1) is 72.8. The summed E-state index contributed by atoms with van der Waals surface area (Å²) in [5, 5.41) is 43.2. The van der Waals surface area contributed by atoms with Crippen molar-refractivity contribution in [3.63, 3.8) is 0 Å². The van der Waals surface area contributed by atoms with Gasteiger partial charge in [0.1, 0.15) is 22.3 Å². The van der Waals surface area contributed by atoms with Crippen molar-refractivity contribution in [3.05, 3.63) is 463 Å². The van der Waals surface area contributed by atoms with Gasteiger partial charge in [0.25, 0.3) is 0 Å². The Bertz CT molecular complexity index is 9630. The SMILES string of the molecule is Brc1ccc(-c2nc(-c3ccc4ccccc4c3)nc(-c3ccc4ccccc4c3)n2)c2ccccc12.CC1(C)OB(c2ccc3oc4ccccc4c3c2)OC1(C)C.Clc1nc(-c2ccc3ccccc3c2)nc(-c2ccc3ccccc3c2)n1.OB(O)c1ccc(Br)c2ccccc12.c1ccc2cc(-c3nc(-c4ccc5ccccc5c4)nc(-c4ccc(-c5ccc6oc7ccccc7c6c5)c5ccccc45)n3)ccc2c1. The van der Waals surface area contributed by atoms with Gasteiger partial charge in [-0.2, -0.15) is 9.97 Å². The average Bonchev–Trinajstić information content (AvgIpc) is 1.24. The zero-order valence-electron chi connectivity index (χ0n) is 81.1. The van der Waals surface area contributed by atoms with Crippen LogP contribution in [0.4, 0.5) is 0 Å². The second kappa shape index (κ2) is 40.1. The number of hydrogen-bond acceptors (Lipinski definition) is 15. The Hall–Kier alpha value is -17.0. The van der Waals surface area contributed by atoms with Gasteiger partial charge in [0.05, 0.1) is 11.2 Å². The molecule has 2 N–H and O–H groups in total. The number of aromatic nitrogens is 9. The topological polar surface area (TPSA) is 201 Å². The van der Waals surface area contributed by atoms with Crippen molar-refractivity contribution in [2.24, 2.45) is 0 Å². The second-order valence-electron chi connectivity index (χ2n) is 37.9. The predicted octanol–water partition coefficient (Wildman–Crippen LogP) is 32.3. The number of hydrogen-bond donors (Lipinski definition) is 2. The highest BCUT2D eigenvalue weighted by Crippen LogP contribution is 2.44. The summed E-state index contributed by atoms with van der Waals surface area (Å²) in [6, 6.07) is 153. The van der Waals surface area contributed by atoms with Crippen molar-refractivity contribution in [2.45, 2.75) is 38.9 Å². The van der Waals surface area contributed by atoms with Gasteiger partial charge < -0.3 is 28.2 Å². The minimum Gasteiger partial charge on any atom is -0.456 e. The minimum atomic E-state index is -1.42. The van der Waals surface area contributed by atoms with Gasteiger partial charge in [0.2, 0.25) is 5.28 Å². The first kappa shape index (κ1) is 94.3. The summed E-state index contributed by atoms with van der Waals surface area (Å²) in [4.78, 5) is 43.8. The fourth-order valence-electron chi connectivity index (χ4n) is 19.6. The third-order valence-electron chi connectivity index (χ3n) is 28.0. The van der Waals surface area contributed by atoms with Crippen LogP contribution >= 0.6 is 43.5 Å². The van der Waals surface area contributed by atoms with Gasteiger partial charge in [-0.25, -0.2) is 34.9 Å². The maximum absolute atomic E-state index is 9.15. The molecule has 5 aromatic heterocycles. The van der Waals surface area contributed by atoms with E-state index in [9.17, 15) is 0 Å². The predicted molar refractivity (Wildman–Crippen MR) is 619 cm³/mol. The fourth-order valence-corrected chi connectivity index (χ4v) is 20.7. The van der Waals surface area contributed by atoms with Crippen molar-refractivity contribution >= 4 is 209 Å². The van der Waals surface area contributed by atoms with E-state index in [0.29, 0.717) is 52.1 Å². The fraction of sp³-hybridized carbons (Fsp3) is 0.0465. The molecule has 149 heavy (non-hydrogen) atoms. The van der Waals surface area contributed by atoms with Crippen molar-refractivity contribution < 1.29 is 28.2 Å². The molecule has 1 aliphatic rings. The average molecular weight is 2080 g/mol. The van der Waals surface area contributed by atoms with E-state index >= 15 is 0 Å². The smallest absolute Gasteiger partial charge is 0.456 e. The number of furan rings is 2. The molecule has 22 aromatic carbocycles. The van der Waals surface area contributed by atoms with Crippen LogP contribution < -0.4 is 10.9 Å². The van der Waals surface area contributed by atoms with Crippen LogP contribution in [0.25, 0.3) is 243 Å². The molecule has 0 saturated carbocycles. The number of rotatable bonds is 11. The lowest BCUT2D eigenvalue weighted by molar-refractivity contribution is 0.00578. The normalized spacial score (nSPS) is 12.6. The Balaban J connectivity index is 0.000000105. The molecular weight excluding hydrogens is 1990 g/mol. The lowest BCUT2D eigenvalue weighted by atomic mass is 9.77. The first-order valence-corrected chi connectivity index (χ1v) is 51.1. The van der Waals surface area contributed by atoms with Crippen LogP contribution in [0.15, 0.2) is 467 Å². The molecule has 28 rings (SSSR count). The van der Waals surface area contributed by atoms with E-state index in [4.69, 9.17) is 69.7 Å². The summed E-state index contributed by atoms with van der Waals surface area (Å²) in [7, 11) is -1.77. The largest absolute Gasteiger partial charge is 0.494 e. The van der Waals surface area contributed by atoms with E-state index < -0.39 is 7.12 Å². The Morgan fingerprint density at radius 2 is 0.490 bits per heavy atom. The molecule has 1 saturated heterocycles. The van der Waals surface area contributed by atoms with Crippen LogP contribution in [0.3, 0.4) is 0 Å². The van der Waals surface area contributed by atoms with Crippen molar-refractivity contribution in [1.29, 1.82) is 0 Å². The van der Waals surface area contributed by atoms with Crippen LogP contribution in [0, 0.1) is 0 Å². The zero-order chi connectivity index (χ0) is 101. The number of benzene rings is 22. The van der Waals surface area contributed by atoms with Crippen molar-refractivity contribution in [3.8, 4) is 102 Å². The molecule has 0 atom stereocenters. The van der Waals surface area contributed by atoms with E-state index in [2.05, 4.69) is 396 Å². The van der Waals surface area contributed by atoms with Gasteiger partial charge in [0.15, 0.2) is 46.6 Å². The van der Waals surface area contributed by atoms with Crippen molar-refractivity contribution in [1.82, 2.24) is 44.9 Å². The van der Waals surface area contributed by atoms with Crippen LogP contribution in [0.2, 0.25) is 5.28 Å². The van der Waals surface area contributed by atoms with Gasteiger partial charge in [-0.3, -0.25) is 0 Å². The summed E-state index contributed by atoms with van der Waals surface area (Å²) < 4.78 is 26.3. The quantitative estimate of drug-likeness (QED) is 0.116. The summed E-state index contributed by atoms with van der Waals surface area (Å²) in [6.07, 6.45) is 0. The number of fused-ring (bicyclic) bond motifs is 15. The van der Waals surface area contributed by atoms with E-state index in [-0.39, 0.29) is 23.6 Å². The Morgan fingerprint density at radius 1 is 0.228 bits per heavy atom. The molecular formula is C129H88B2Br2ClN9O6. The Kier molecular flexibility index (Phi) is 25.4. The lowest BCUT2D eigenvalue weighted by Crippen LogP contribution is -2.41. The van der Waals surface area contributed by atoms with E-state index in [1.54, 1.807) is 6.07 Å². The molecule has 15 nitrogen and oxygen atoms in total. The van der Waals surface area contributed by atoms with Gasteiger partial charge in [-0.05, 0) is 249 Å². The summed E-state index contributed by atoms with van der Waals surface area (Å²) >= 11 is 13.3. The first-order valence-electron chi connectivity index (χ1n) is 49.1. The molecule has 0 bridgehead atoms. The Morgan fingerprint density at radius 3 is 0.866 bits per heavy atom. The maximum atomic E-state index is 9.15. The summed E-state index contributed by atoms with van der Waals surface area (Å²) in [5.41, 5.74) is 14.4. The molecule has 27 aromatic rings. The van der Waals surface area contributed by atoms with Gasteiger partial charge >= 0.3 is 14.2 Å². The van der Waals surface area contributed by atoms with E-state index in [1.807, 2.05) is 121 Å². The molecule has 0 amide bonds. The molecule has 6 heterocycles. The zero-order valence-corrected chi connectivity index (χ0v) is 85.0. The van der Waals surface area contributed by atoms with Gasteiger partial charge in [0, 0.05) is 75.0 Å². The molecule has 1 fully saturated rings. The van der Waals surface area contributed by atoms with Crippen LogP contribution in [-0.4, -0.2) is 80.3 Å². The monoisotopic (exact) mass is 2070 g/mol. The summed E-state index contributed by atoms with van der Waals surface area (Å²) in [6.45, 7) is 8.27. The highest BCUT2D eigenvalue weighted by molar-refractivity contribution is 9.11. The molecule has 0 spiro atoms. The molecule has 0 unspecified atom stereocenters. The molecule has 712 valence electrons. The van der Waals surface area contributed by atoms with Crippen LogP contribution in [-0.2, 0) is 9.31 Å². The third kappa shape index (κ3) is 19.1. The van der Waals surface area contributed by atoms with Crippen LogP contribution in [0.5, 0.6) is 0 Å². The maximum Gasteiger partial charge on any atom is 0.494 e. The third-order valence-corrected chi connectivity index (χ3v) is 29.6. The number of halogens is 3. The van der Waals surface area contributed by atoms with Gasteiger partial charge in [-0.15, -0.1) is 0 Å². The molecule has 0 radical (unpaired) electrons. The number of para-hydroxylation sites is 2. The highest BCUT2D eigenvalue weighted by atomic mass is 79.9. The number of nitrogens with zero attached hydrogens (tertiary/aromatic N) is 9. The Labute approximate surface area is 879 Å². The molecule has 1 aliphatic heterocycles. The highest BCUT2D eigenvalue weighted by Gasteiger charge is 2.52. The standard InChI is InChI=1S/C45H27N3O.C33H20BrN3.C23H14ClN3.C18H19BO3.C10H8BBrO2/c1-3-11-30-25-33(19-17-28(30)9-1)43-46-44(34-20-18-29-10-2-4-12-31(29)26-34)48-45(47-43)39-23-22-35(36-13-5-6-14-37(36)39)32-21-24-42-40(27-32)38-15-7-8-16-41(38)49-42;34-30-18-17-29(27-11-5-6-12-28(27)30)33-36-31(25-15-13-21-7-1-3-9-23(21)19-25)35-32(37-33)26-16-14-22-8-2-4-10-24(22)20-26;24-23-26-21(19-11-9-15-5-1-3-7-17(15)13-19)25-22(27-23)20-12-10-16-6-2-4-8-18(16)14-20;1-17(2)18(3,4)22-19(21-17)12-9-10-16-14(11-12)13-7-5-6-8-15(13)20-16;12-10-6-5-9(11(13)14)7-3-1-2-4-8(7)10/h1-27H;1-20H;1-14H;5-11H,1-4H3;1-6,13-14H. The minimum absolute atomic E-state index is 0.191. The second-order valence-corrected chi connectivity index (χ2v) is 39.9. The molecule has 20 heteroatoms. The van der Waals surface area contributed by atoms with E-state index in [0.717, 1.165) is 179 Å². The van der Waals surface area contributed by atoms with Crippen molar-refractivity contribution in [2.75, 3.05) is 0 Å². The summed E-state index contributed by atoms with van der Waals surface area (Å²) in [5.74, 6) is 5.05. The lowest BCUT2D eigenvalue weighted by Gasteiger charge is -2.32. The van der Waals surface area contributed by atoms with E-state index in [1.165, 1.54) is 32.3 Å². The van der Waals surface area contributed by atoms with Crippen LogP contribution in [0.1, 0.15) is 27.7 Å².